The van der Waals surface area contributed by atoms with Crippen molar-refractivity contribution in [3.63, 3.8) is 0 Å². The molecule has 1 heterocycles. The summed E-state index contributed by atoms with van der Waals surface area (Å²) in [6.07, 6.45) is 0. The quantitative estimate of drug-likeness (QED) is 0.845. The summed E-state index contributed by atoms with van der Waals surface area (Å²) in [4.78, 5) is 1.92. The van der Waals surface area contributed by atoms with Crippen LogP contribution in [0.15, 0.2) is 34.9 Å². The summed E-state index contributed by atoms with van der Waals surface area (Å²) in [7, 11) is 0. The van der Waals surface area contributed by atoms with Gasteiger partial charge in [0.25, 0.3) is 0 Å². The molecule has 4 nitrogen and oxygen atoms in total. The third-order valence-corrected chi connectivity index (χ3v) is 3.09. The van der Waals surface area contributed by atoms with Gasteiger partial charge in [-0.15, -0.1) is 0 Å². The summed E-state index contributed by atoms with van der Waals surface area (Å²) in [5.74, 6) is 0.518. The van der Waals surface area contributed by atoms with Crippen molar-refractivity contribution in [2.24, 2.45) is 0 Å². The van der Waals surface area contributed by atoms with Crippen molar-refractivity contribution >= 4 is 5.69 Å². The zero-order valence-electron chi connectivity index (χ0n) is 11.9. The van der Waals surface area contributed by atoms with Gasteiger partial charge in [0.15, 0.2) is 5.76 Å². The molecule has 0 aliphatic heterocycles. The fourth-order valence-electron chi connectivity index (χ4n) is 2.03. The average Bonchev–Trinajstić information content (AvgIpc) is 2.91. The second kappa shape index (κ2) is 7.05. The Morgan fingerprint density at radius 2 is 2.10 bits per heavy atom. The first-order valence-electron chi connectivity index (χ1n) is 6.89. The summed E-state index contributed by atoms with van der Waals surface area (Å²) in [5, 5.41) is 7.19. The van der Waals surface area contributed by atoms with Crippen molar-refractivity contribution in [1.29, 1.82) is 0 Å². The molecule has 0 amide bonds. The van der Waals surface area contributed by atoms with Crippen LogP contribution in [-0.4, -0.2) is 18.2 Å². The maximum absolute atomic E-state index is 13.8. The van der Waals surface area contributed by atoms with E-state index in [4.69, 9.17) is 4.52 Å². The van der Waals surface area contributed by atoms with Crippen molar-refractivity contribution in [1.82, 2.24) is 10.5 Å². The van der Waals surface area contributed by atoms with E-state index in [0.717, 1.165) is 18.0 Å². The lowest BCUT2D eigenvalue weighted by Gasteiger charge is -2.21. The smallest absolute Gasteiger partial charge is 0.156 e. The van der Waals surface area contributed by atoms with Crippen LogP contribution in [0.4, 0.5) is 10.1 Å². The van der Waals surface area contributed by atoms with Gasteiger partial charge >= 0.3 is 0 Å². The Kier molecular flexibility index (Phi) is 5.12. The highest BCUT2D eigenvalue weighted by atomic mass is 19.1. The Hall–Kier alpha value is -1.88. The second-order valence-electron chi connectivity index (χ2n) is 4.53. The predicted octanol–water partition coefficient (Wildman–Crippen LogP) is 2.95. The zero-order valence-corrected chi connectivity index (χ0v) is 11.9. The van der Waals surface area contributed by atoms with Gasteiger partial charge in [-0.3, -0.25) is 0 Å². The monoisotopic (exact) mass is 277 g/mol. The van der Waals surface area contributed by atoms with E-state index in [1.165, 1.54) is 6.07 Å². The van der Waals surface area contributed by atoms with Crippen LogP contribution in [0.3, 0.4) is 0 Å². The Balaban J connectivity index is 2.07. The minimum absolute atomic E-state index is 0.221. The summed E-state index contributed by atoms with van der Waals surface area (Å²) in [6.45, 7) is 6.81. The normalized spacial score (nSPS) is 10.8. The Labute approximate surface area is 118 Å². The molecule has 0 fully saturated rings. The minimum Gasteiger partial charge on any atom is -0.362 e. The van der Waals surface area contributed by atoms with Gasteiger partial charge in [0.05, 0.1) is 17.9 Å². The number of nitrogens with one attached hydrogen (secondary N) is 1. The molecule has 0 bridgehead atoms. The first-order valence-corrected chi connectivity index (χ1v) is 6.89. The van der Waals surface area contributed by atoms with Crippen LogP contribution >= 0.6 is 0 Å². The van der Waals surface area contributed by atoms with Crippen LogP contribution in [0.2, 0.25) is 0 Å². The lowest BCUT2D eigenvalue weighted by Crippen LogP contribution is -2.22. The maximum Gasteiger partial charge on any atom is 0.156 e. The van der Waals surface area contributed by atoms with E-state index in [9.17, 15) is 4.39 Å². The van der Waals surface area contributed by atoms with E-state index in [0.29, 0.717) is 25.3 Å². The molecule has 0 unspecified atom stereocenters. The van der Waals surface area contributed by atoms with E-state index in [1.54, 1.807) is 12.1 Å². The number of rotatable bonds is 7. The largest absolute Gasteiger partial charge is 0.362 e. The van der Waals surface area contributed by atoms with Crippen LogP contribution < -0.4 is 10.2 Å². The van der Waals surface area contributed by atoms with Crippen LogP contribution in [-0.2, 0) is 13.1 Å². The van der Waals surface area contributed by atoms with Gasteiger partial charge < -0.3 is 14.7 Å². The molecule has 0 radical (unpaired) electrons. The first-order chi connectivity index (χ1) is 9.74. The fourth-order valence-corrected chi connectivity index (χ4v) is 2.03. The van der Waals surface area contributed by atoms with Crippen LogP contribution in [0, 0.1) is 5.82 Å². The molecule has 2 rings (SSSR count). The van der Waals surface area contributed by atoms with Gasteiger partial charge in [-0.05, 0) is 25.6 Å². The molecule has 1 aromatic carbocycles. The van der Waals surface area contributed by atoms with E-state index < -0.39 is 0 Å². The first kappa shape index (κ1) is 14.5. The summed E-state index contributed by atoms with van der Waals surface area (Å²) < 4.78 is 19.1. The molecule has 108 valence electrons. The van der Waals surface area contributed by atoms with Crippen molar-refractivity contribution in [3.8, 4) is 0 Å². The topological polar surface area (TPSA) is 41.3 Å². The molecule has 0 atom stereocenters. The van der Waals surface area contributed by atoms with E-state index >= 15 is 0 Å². The zero-order chi connectivity index (χ0) is 14.4. The molecule has 1 N–H and O–H groups in total. The van der Waals surface area contributed by atoms with Crippen LogP contribution in [0.1, 0.15) is 25.3 Å². The number of benzene rings is 1. The molecule has 0 saturated heterocycles. The Bertz CT molecular complexity index is 541. The number of aromatic nitrogens is 1. The summed E-state index contributed by atoms with van der Waals surface area (Å²) in [5.41, 5.74) is 1.45. The van der Waals surface area contributed by atoms with E-state index in [1.807, 2.05) is 30.9 Å². The van der Waals surface area contributed by atoms with Gasteiger partial charge in [0.2, 0.25) is 0 Å². The lowest BCUT2D eigenvalue weighted by atomic mass is 10.2. The number of nitrogens with zero attached hydrogens (tertiary/aromatic N) is 2. The highest BCUT2D eigenvalue weighted by Gasteiger charge is 2.12. The van der Waals surface area contributed by atoms with E-state index in [2.05, 4.69) is 10.5 Å². The minimum atomic E-state index is -0.221. The Morgan fingerprint density at radius 1 is 1.30 bits per heavy atom. The molecular weight excluding hydrogens is 257 g/mol. The number of hydrogen-bond donors (Lipinski definition) is 1. The molecule has 0 aliphatic rings. The third kappa shape index (κ3) is 3.57. The standard InChI is InChI=1S/C15H20FN3O/c1-3-17-10-12-9-13(20-18-12)11-19(4-2)15-8-6-5-7-14(15)16/h5-9,17H,3-4,10-11H2,1-2H3. The highest BCUT2D eigenvalue weighted by molar-refractivity contribution is 5.47. The number of anilines is 1. The second-order valence-corrected chi connectivity index (χ2v) is 4.53. The van der Waals surface area contributed by atoms with Gasteiger partial charge in [-0.25, -0.2) is 4.39 Å². The summed E-state index contributed by atoms with van der Waals surface area (Å²) in [6, 6.07) is 8.67. The predicted molar refractivity (Wildman–Crippen MR) is 77.0 cm³/mol. The van der Waals surface area contributed by atoms with Gasteiger partial charge in [0, 0.05) is 19.2 Å². The molecule has 0 aliphatic carbocycles. The molecular formula is C15H20FN3O. The molecule has 5 heteroatoms. The Morgan fingerprint density at radius 3 is 2.80 bits per heavy atom. The van der Waals surface area contributed by atoms with Crippen molar-refractivity contribution < 1.29 is 8.91 Å². The van der Waals surface area contributed by atoms with Crippen LogP contribution in [0.5, 0.6) is 0 Å². The number of halogens is 1. The molecule has 2 aromatic rings. The van der Waals surface area contributed by atoms with Crippen LogP contribution in [0.25, 0.3) is 0 Å². The van der Waals surface area contributed by atoms with Gasteiger partial charge in [-0.2, -0.15) is 0 Å². The van der Waals surface area contributed by atoms with E-state index in [-0.39, 0.29) is 5.82 Å². The van der Waals surface area contributed by atoms with Crippen molar-refractivity contribution in [3.05, 3.63) is 47.6 Å². The van der Waals surface area contributed by atoms with Crippen molar-refractivity contribution in [2.45, 2.75) is 26.9 Å². The molecule has 20 heavy (non-hydrogen) atoms. The molecule has 0 spiro atoms. The van der Waals surface area contributed by atoms with Crippen molar-refractivity contribution in [2.75, 3.05) is 18.0 Å². The SMILES string of the molecule is CCNCc1cc(CN(CC)c2ccccc2F)on1. The summed E-state index contributed by atoms with van der Waals surface area (Å²) >= 11 is 0. The third-order valence-electron chi connectivity index (χ3n) is 3.09. The average molecular weight is 277 g/mol. The van der Waals surface area contributed by atoms with Gasteiger partial charge in [-0.1, -0.05) is 24.2 Å². The fraction of sp³-hybridized carbons (Fsp3) is 0.400. The number of para-hydroxylation sites is 1. The van der Waals surface area contributed by atoms with Gasteiger partial charge in [0.1, 0.15) is 5.82 Å². The lowest BCUT2D eigenvalue weighted by molar-refractivity contribution is 0.373. The molecule has 0 saturated carbocycles. The highest BCUT2D eigenvalue weighted by Crippen LogP contribution is 2.20. The number of hydrogen-bond acceptors (Lipinski definition) is 4. The maximum atomic E-state index is 13.8. The molecule has 1 aromatic heterocycles.